The Morgan fingerprint density at radius 2 is 2.28 bits per heavy atom. The SMILES string of the molecule is O=C(c1cncc(Br)c1)N1CCCCCC1CCl. The van der Waals surface area contributed by atoms with Gasteiger partial charge in [0, 0.05) is 35.3 Å². The molecule has 0 saturated carbocycles. The zero-order valence-electron chi connectivity index (χ0n) is 10.1. The van der Waals surface area contributed by atoms with Gasteiger partial charge in [0.15, 0.2) is 0 Å². The fraction of sp³-hybridized carbons (Fsp3) is 0.538. The molecule has 0 bridgehead atoms. The van der Waals surface area contributed by atoms with Gasteiger partial charge in [0.1, 0.15) is 0 Å². The third-order valence-corrected chi connectivity index (χ3v) is 4.06. The summed E-state index contributed by atoms with van der Waals surface area (Å²) in [4.78, 5) is 18.4. The molecule has 2 rings (SSSR count). The minimum atomic E-state index is 0.0383. The highest BCUT2D eigenvalue weighted by atomic mass is 79.9. The topological polar surface area (TPSA) is 33.2 Å². The van der Waals surface area contributed by atoms with Crippen molar-refractivity contribution in [2.45, 2.75) is 31.7 Å². The van der Waals surface area contributed by atoms with Gasteiger partial charge in [0.05, 0.1) is 5.56 Å². The molecule has 1 atom stereocenters. The van der Waals surface area contributed by atoms with E-state index in [0.717, 1.165) is 30.3 Å². The van der Waals surface area contributed by atoms with Crippen molar-refractivity contribution in [2.75, 3.05) is 12.4 Å². The molecule has 3 nitrogen and oxygen atoms in total. The van der Waals surface area contributed by atoms with E-state index in [0.29, 0.717) is 11.4 Å². The Morgan fingerprint density at radius 1 is 1.44 bits per heavy atom. The summed E-state index contributed by atoms with van der Waals surface area (Å²) in [5.74, 6) is 0.545. The van der Waals surface area contributed by atoms with Crippen molar-refractivity contribution in [2.24, 2.45) is 0 Å². The number of pyridine rings is 1. The number of hydrogen-bond acceptors (Lipinski definition) is 2. The zero-order chi connectivity index (χ0) is 13.0. The van der Waals surface area contributed by atoms with E-state index < -0.39 is 0 Å². The Kier molecular flexibility index (Phi) is 5.01. The Labute approximate surface area is 121 Å². The molecular weight excluding hydrogens is 316 g/mol. The van der Waals surface area contributed by atoms with E-state index in [2.05, 4.69) is 20.9 Å². The van der Waals surface area contributed by atoms with Crippen LogP contribution in [-0.2, 0) is 0 Å². The maximum Gasteiger partial charge on any atom is 0.255 e. The van der Waals surface area contributed by atoms with Gasteiger partial charge in [-0.1, -0.05) is 12.8 Å². The second-order valence-electron chi connectivity index (χ2n) is 4.55. The average Bonchev–Trinajstić information content (AvgIpc) is 2.62. The van der Waals surface area contributed by atoms with Crippen molar-refractivity contribution in [3.63, 3.8) is 0 Å². The highest BCUT2D eigenvalue weighted by molar-refractivity contribution is 9.10. The fourth-order valence-corrected chi connectivity index (χ4v) is 2.99. The Bertz CT molecular complexity index is 427. The monoisotopic (exact) mass is 330 g/mol. The molecule has 1 aromatic heterocycles. The Hall–Kier alpha value is -0.610. The Balaban J connectivity index is 2.19. The minimum absolute atomic E-state index is 0.0383. The predicted octanol–water partition coefficient (Wildman–Crippen LogP) is 3.47. The lowest BCUT2D eigenvalue weighted by Crippen LogP contribution is -2.41. The number of alkyl halides is 1. The van der Waals surface area contributed by atoms with Crippen LogP contribution < -0.4 is 0 Å². The average molecular weight is 332 g/mol. The molecule has 98 valence electrons. The molecular formula is C13H16BrClN2O. The van der Waals surface area contributed by atoms with Gasteiger partial charge < -0.3 is 4.90 Å². The summed E-state index contributed by atoms with van der Waals surface area (Å²) in [5.41, 5.74) is 0.626. The number of rotatable bonds is 2. The first-order chi connectivity index (χ1) is 8.72. The van der Waals surface area contributed by atoms with Gasteiger partial charge in [-0.05, 0) is 34.8 Å². The third kappa shape index (κ3) is 3.23. The molecule has 0 aromatic carbocycles. The van der Waals surface area contributed by atoms with Crippen LogP contribution in [0.4, 0.5) is 0 Å². The largest absolute Gasteiger partial charge is 0.334 e. The maximum atomic E-state index is 12.5. The van der Waals surface area contributed by atoms with Crippen LogP contribution in [0.2, 0.25) is 0 Å². The van der Waals surface area contributed by atoms with Crippen LogP contribution >= 0.6 is 27.5 Å². The molecule has 0 radical (unpaired) electrons. The van der Waals surface area contributed by atoms with Crippen molar-refractivity contribution in [3.05, 3.63) is 28.5 Å². The molecule has 0 aliphatic carbocycles. The van der Waals surface area contributed by atoms with Crippen LogP contribution in [0.15, 0.2) is 22.9 Å². The first kappa shape index (κ1) is 13.8. The van der Waals surface area contributed by atoms with Gasteiger partial charge in [0.25, 0.3) is 5.91 Å². The summed E-state index contributed by atoms with van der Waals surface area (Å²) < 4.78 is 0.825. The lowest BCUT2D eigenvalue weighted by molar-refractivity contribution is 0.0700. The molecule has 5 heteroatoms. The second-order valence-corrected chi connectivity index (χ2v) is 5.77. The van der Waals surface area contributed by atoms with Crippen LogP contribution in [0.3, 0.4) is 0 Å². The van der Waals surface area contributed by atoms with Gasteiger partial charge in [-0.15, -0.1) is 11.6 Å². The highest BCUT2D eigenvalue weighted by Gasteiger charge is 2.25. The van der Waals surface area contributed by atoms with Gasteiger partial charge in [-0.25, -0.2) is 0 Å². The van der Waals surface area contributed by atoms with E-state index in [1.54, 1.807) is 12.4 Å². The van der Waals surface area contributed by atoms with Gasteiger partial charge in [0.2, 0.25) is 0 Å². The summed E-state index contributed by atoms with van der Waals surface area (Å²) in [6.07, 6.45) is 7.67. The number of likely N-dealkylation sites (tertiary alicyclic amines) is 1. The number of nitrogens with zero attached hydrogens (tertiary/aromatic N) is 2. The minimum Gasteiger partial charge on any atom is -0.334 e. The number of carbonyl (C=O) groups excluding carboxylic acids is 1. The summed E-state index contributed by atoms with van der Waals surface area (Å²) in [6.45, 7) is 0.794. The first-order valence-corrected chi connectivity index (χ1v) is 7.52. The van der Waals surface area contributed by atoms with Gasteiger partial charge >= 0.3 is 0 Å². The third-order valence-electron chi connectivity index (χ3n) is 3.27. The molecule has 1 aromatic rings. The molecule has 0 spiro atoms. The van der Waals surface area contributed by atoms with E-state index in [1.807, 2.05) is 11.0 Å². The quantitative estimate of drug-likeness (QED) is 0.778. The van der Waals surface area contributed by atoms with Gasteiger partial charge in [-0.2, -0.15) is 0 Å². The van der Waals surface area contributed by atoms with Crippen molar-refractivity contribution < 1.29 is 4.79 Å². The molecule has 1 unspecified atom stereocenters. The summed E-state index contributed by atoms with van der Waals surface area (Å²) in [5, 5.41) is 0. The van der Waals surface area contributed by atoms with E-state index in [9.17, 15) is 4.79 Å². The summed E-state index contributed by atoms with van der Waals surface area (Å²) in [7, 11) is 0. The fourth-order valence-electron chi connectivity index (χ4n) is 2.30. The Morgan fingerprint density at radius 3 is 3.00 bits per heavy atom. The van der Waals surface area contributed by atoms with Gasteiger partial charge in [-0.3, -0.25) is 9.78 Å². The second kappa shape index (κ2) is 6.53. The van der Waals surface area contributed by atoms with Crippen LogP contribution in [0.1, 0.15) is 36.0 Å². The molecule has 18 heavy (non-hydrogen) atoms. The smallest absolute Gasteiger partial charge is 0.255 e. The van der Waals surface area contributed by atoms with Crippen LogP contribution in [-0.4, -0.2) is 34.3 Å². The lowest BCUT2D eigenvalue weighted by atomic mass is 10.1. The number of carbonyl (C=O) groups is 1. The van der Waals surface area contributed by atoms with E-state index in [1.165, 1.54) is 6.42 Å². The number of amides is 1. The van der Waals surface area contributed by atoms with Crippen molar-refractivity contribution in [1.29, 1.82) is 0 Å². The number of aromatic nitrogens is 1. The molecule has 1 aliphatic heterocycles. The number of halogens is 2. The van der Waals surface area contributed by atoms with Crippen LogP contribution in [0.25, 0.3) is 0 Å². The predicted molar refractivity (Wildman–Crippen MR) is 75.9 cm³/mol. The highest BCUT2D eigenvalue weighted by Crippen LogP contribution is 2.21. The maximum absolute atomic E-state index is 12.5. The molecule has 1 aliphatic rings. The lowest BCUT2D eigenvalue weighted by Gasteiger charge is -2.28. The normalized spacial score (nSPS) is 20.6. The molecule has 0 N–H and O–H groups in total. The van der Waals surface area contributed by atoms with Crippen molar-refractivity contribution in [1.82, 2.24) is 9.88 Å². The molecule has 1 amide bonds. The van der Waals surface area contributed by atoms with E-state index in [-0.39, 0.29) is 11.9 Å². The molecule has 1 fully saturated rings. The van der Waals surface area contributed by atoms with Crippen LogP contribution in [0.5, 0.6) is 0 Å². The molecule has 1 saturated heterocycles. The van der Waals surface area contributed by atoms with Crippen LogP contribution in [0, 0.1) is 0 Å². The van der Waals surface area contributed by atoms with E-state index >= 15 is 0 Å². The first-order valence-electron chi connectivity index (χ1n) is 6.20. The number of hydrogen-bond donors (Lipinski definition) is 0. The zero-order valence-corrected chi connectivity index (χ0v) is 12.5. The van der Waals surface area contributed by atoms with E-state index in [4.69, 9.17) is 11.6 Å². The van der Waals surface area contributed by atoms with Crippen molar-refractivity contribution >= 4 is 33.4 Å². The molecule has 2 heterocycles. The summed E-state index contributed by atoms with van der Waals surface area (Å²) >= 11 is 9.33. The standard InChI is InChI=1S/C13H16BrClN2O/c14-11-6-10(8-16-9-11)13(18)17-5-3-1-2-4-12(17)7-15/h6,8-9,12H,1-5,7H2. The van der Waals surface area contributed by atoms with Crippen molar-refractivity contribution in [3.8, 4) is 0 Å². The summed E-state index contributed by atoms with van der Waals surface area (Å²) in [6, 6.07) is 1.96.